The second-order valence-electron chi connectivity index (χ2n) is 7.29. The third-order valence-corrected chi connectivity index (χ3v) is 5.01. The van der Waals surface area contributed by atoms with Crippen LogP contribution < -0.4 is 10.2 Å². The second-order valence-corrected chi connectivity index (χ2v) is 7.29. The third kappa shape index (κ3) is 4.22. The van der Waals surface area contributed by atoms with Gasteiger partial charge in [-0.25, -0.2) is 0 Å². The highest BCUT2D eigenvalue weighted by atomic mass is 16.4. The molecule has 2 N–H and O–H groups in total. The first-order chi connectivity index (χ1) is 13.4. The molecule has 0 aliphatic carbocycles. The minimum absolute atomic E-state index is 0.191. The van der Waals surface area contributed by atoms with E-state index in [2.05, 4.69) is 19.2 Å². The number of amides is 2. The van der Waals surface area contributed by atoms with Gasteiger partial charge in [0.15, 0.2) is 0 Å². The SMILES string of the molecule is CC(C)c1ccc(N2CCC(C(=O)Nc3ccccc3CC(=O)O)C2=O)cc1. The number of hydrogen-bond acceptors (Lipinski definition) is 3. The summed E-state index contributed by atoms with van der Waals surface area (Å²) in [6.45, 7) is 4.70. The highest BCUT2D eigenvalue weighted by molar-refractivity contribution is 6.13. The number of aliphatic carboxylic acids is 1. The Morgan fingerprint density at radius 1 is 1.14 bits per heavy atom. The van der Waals surface area contributed by atoms with Gasteiger partial charge in [0.2, 0.25) is 11.8 Å². The van der Waals surface area contributed by atoms with Crippen LogP contribution in [0, 0.1) is 5.92 Å². The van der Waals surface area contributed by atoms with Gasteiger partial charge in [-0.3, -0.25) is 14.4 Å². The topological polar surface area (TPSA) is 86.7 Å². The Kier molecular flexibility index (Phi) is 5.78. The van der Waals surface area contributed by atoms with E-state index in [-0.39, 0.29) is 12.3 Å². The molecule has 3 rings (SSSR count). The zero-order chi connectivity index (χ0) is 20.3. The van der Waals surface area contributed by atoms with Crippen molar-refractivity contribution < 1.29 is 19.5 Å². The van der Waals surface area contributed by atoms with E-state index in [1.807, 2.05) is 24.3 Å². The van der Waals surface area contributed by atoms with Crippen LogP contribution in [0.5, 0.6) is 0 Å². The van der Waals surface area contributed by atoms with Crippen LogP contribution in [0.2, 0.25) is 0 Å². The van der Waals surface area contributed by atoms with Crippen molar-refractivity contribution in [3.05, 3.63) is 59.7 Å². The van der Waals surface area contributed by atoms with Gasteiger partial charge in [0.1, 0.15) is 5.92 Å². The number of anilines is 2. The molecule has 1 aliphatic heterocycles. The number of carboxylic acids is 1. The predicted molar refractivity (Wildman–Crippen MR) is 107 cm³/mol. The van der Waals surface area contributed by atoms with Crippen LogP contribution in [0.3, 0.4) is 0 Å². The standard InChI is InChI=1S/C22H24N2O4/c1-14(2)15-7-9-17(10-8-15)24-12-11-18(22(24)28)21(27)23-19-6-4-3-5-16(19)13-20(25)26/h3-10,14,18H,11-13H2,1-2H3,(H,23,27)(H,25,26). The highest BCUT2D eigenvalue weighted by Gasteiger charge is 2.37. The number of hydrogen-bond donors (Lipinski definition) is 2. The summed E-state index contributed by atoms with van der Waals surface area (Å²) in [5.74, 6) is -1.97. The molecule has 1 aliphatic rings. The summed E-state index contributed by atoms with van der Waals surface area (Å²) >= 11 is 0. The smallest absolute Gasteiger partial charge is 0.307 e. The van der Waals surface area contributed by atoms with Crippen molar-refractivity contribution in [3.63, 3.8) is 0 Å². The fourth-order valence-corrected chi connectivity index (χ4v) is 3.40. The minimum Gasteiger partial charge on any atom is -0.481 e. The van der Waals surface area contributed by atoms with Gasteiger partial charge in [-0.1, -0.05) is 44.2 Å². The zero-order valence-corrected chi connectivity index (χ0v) is 16.0. The Labute approximate surface area is 164 Å². The molecule has 1 atom stereocenters. The second kappa shape index (κ2) is 8.25. The van der Waals surface area contributed by atoms with E-state index >= 15 is 0 Å². The highest BCUT2D eigenvalue weighted by Crippen LogP contribution is 2.28. The number of nitrogens with one attached hydrogen (secondary N) is 1. The molecule has 0 radical (unpaired) electrons. The number of para-hydroxylation sites is 1. The molecule has 2 aromatic carbocycles. The van der Waals surface area contributed by atoms with Crippen molar-refractivity contribution in [1.29, 1.82) is 0 Å². The summed E-state index contributed by atoms with van der Waals surface area (Å²) < 4.78 is 0. The molecule has 28 heavy (non-hydrogen) atoms. The molecular weight excluding hydrogens is 356 g/mol. The monoisotopic (exact) mass is 380 g/mol. The first kappa shape index (κ1) is 19.6. The van der Waals surface area contributed by atoms with Gasteiger partial charge in [0.05, 0.1) is 6.42 Å². The van der Waals surface area contributed by atoms with E-state index in [4.69, 9.17) is 5.11 Å². The Morgan fingerprint density at radius 3 is 2.46 bits per heavy atom. The van der Waals surface area contributed by atoms with Crippen molar-refractivity contribution in [2.75, 3.05) is 16.8 Å². The minimum atomic E-state index is -0.977. The summed E-state index contributed by atoms with van der Waals surface area (Å²) in [5.41, 5.74) is 2.92. The maximum atomic E-state index is 12.8. The normalized spacial score (nSPS) is 16.5. The summed E-state index contributed by atoms with van der Waals surface area (Å²) in [7, 11) is 0. The van der Waals surface area contributed by atoms with Crippen molar-refractivity contribution >= 4 is 29.2 Å². The van der Waals surface area contributed by atoms with E-state index in [0.717, 1.165) is 5.69 Å². The molecular formula is C22H24N2O4. The van der Waals surface area contributed by atoms with Gasteiger partial charge >= 0.3 is 5.97 Å². The average molecular weight is 380 g/mol. The molecule has 1 unspecified atom stereocenters. The Bertz CT molecular complexity index is 890. The molecule has 6 nitrogen and oxygen atoms in total. The number of carbonyl (C=O) groups is 3. The van der Waals surface area contributed by atoms with Crippen molar-refractivity contribution in [2.24, 2.45) is 5.92 Å². The van der Waals surface area contributed by atoms with Crippen LogP contribution >= 0.6 is 0 Å². The average Bonchev–Trinajstić information content (AvgIpc) is 3.04. The maximum Gasteiger partial charge on any atom is 0.307 e. The lowest BCUT2D eigenvalue weighted by Gasteiger charge is -2.18. The largest absolute Gasteiger partial charge is 0.481 e. The summed E-state index contributed by atoms with van der Waals surface area (Å²) in [6, 6.07) is 14.6. The Hall–Kier alpha value is -3.15. The van der Waals surface area contributed by atoms with Crippen molar-refractivity contribution in [3.8, 4) is 0 Å². The molecule has 1 heterocycles. The van der Waals surface area contributed by atoms with Gasteiger partial charge in [-0.2, -0.15) is 0 Å². The molecule has 146 valence electrons. The Morgan fingerprint density at radius 2 is 1.82 bits per heavy atom. The number of carboxylic acid groups (broad SMARTS) is 1. The van der Waals surface area contributed by atoms with Gasteiger partial charge in [-0.05, 0) is 41.7 Å². The molecule has 2 aromatic rings. The number of carbonyl (C=O) groups excluding carboxylic acids is 2. The molecule has 2 amide bonds. The van der Waals surface area contributed by atoms with Crippen LogP contribution in [0.25, 0.3) is 0 Å². The summed E-state index contributed by atoms with van der Waals surface area (Å²) in [4.78, 5) is 38.1. The van der Waals surface area contributed by atoms with Crippen molar-refractivity contribution in [2.45, 2.75) is 32.6 Å². The lowest BCUT2D eigenvalue weighted by molar-refractivity contribution is -0.136. The van der Waals surface area contributed by atoms with Gasteiger partial charge < -0.3 is 15.3 Å². The predicted octanol–water partition coefficient (Wildman–Crippen LogP) is 3.43. The lowest BCUT2D eigenvalue weighted by Crippen LogP contribution is -2.33. The van der Waals surface area contributed by atoms with E-state index in [0.29, 0.717) is 30.1 Å². The molecule has 1 saturated heterocycles. The van der Waals surface area contributed by atoms with E-state index in [1.165, 1.54) is 5.56 Å². The molecule has 6 heteroatoms. The first-order valence-corrected chi connectivity index (χ1v) is 9.38. The summed E-state index contributed by atoms with van der Waals surface area (Å²) in [6.07, 6.45) is 0.237. The van der Waals surface area contributed by atoms with Crippen LogP contribution in [0.15, 0.2) is 48.5 Å². The van der Waals surface area contributed by atoms with Crippen LogP contribution in [-0.4, -0.2) is 29.4 Å². The first-order valence-electron chi connectivity index (χ1n) is 9.38. The number of benzene rings is 2. The molecule has 1 fully saturated rings. The molecule has 0 aromatic heterocycles. The molecule has 0 bridgehead atoms. The van der Waals surface area contributed by atoms with Gasteiger partial charge in [0.25, 0.3) is 0 Å². The maximum absolute atomic E-state index is 12.8. The van der Waals surface area contributed by atoms with E-state index in [1.54, 1.807) is 29.2 Å². The molecule has 0 spiro atoms. The van der Waals surface area contributed by atoms with Crippen LogP contribution in [-0.2, 0) is 20.8 Å². The van der Waals surface area contributed by atoms with Crippen LogP contribution in [0.4, 0.5) is 11.4 Å². The fraction of sp³-hybridized carbons (Fsp3) is 0.318. The Balaban J connectivity index is 1.71. The fourth-order valence-electron chi connectivity index (χ4n) is 3.40. The van der Waals surface area contributed by atoms with Crippen LogP contribution in [0.1, 0.15) is 37.3 Å². The van der Waals surface area contributed by atoms with Gasteiger partial charge in [-0.15, -0.1) is 0 Å². The lowest BCUT2D eigenvalue weighted by atomic mass is 10.0. The number of nitrogens with zero attached hydrogens (tertiary/aromatic N) is 1. The van der Waals surface area contributed by atoms with E-state index < -0.39 is 17.8 Å². The zero-order valence-electron chi connectivity index (χ0n) is 16.0. The summed E-state index contributed by atoms with van der Waals surface area (Å²) in [5, 5.41) is 11.8. The number of rotatable bonds is 6. The van der Waals surface area contributed by atoms with E-state index in [9.17, 15) is 14.4 Å². The van der Waals surface area contributed by atoms with Gasteiger partial charge in [0, 0.05) is 17.9 Å². The quantitative estimate of drug-likeness (QED) is 0.752. The third-order valence-electron chi connectivity index (χ3n) is 5.01. The molecule has 0 saturated carbocycles. The van der Waals surface area contributed by atoms with Crippen molar-refractivity contribution in [1.82, 2.24) is 0 Å².